The summed E-state index contributed by atoms with van der Waals surface area (Å²) < 4.78 is 12.0. The molecule has 3 aromatic heterocycles. The number of carbonyl (C=O) groups excluding carboxylic acids is 1. The summed E-state index contributed by atoms with van der Waals surface area (Å²) in [4.78, 5) is 33.9. The third kappa shape index (κ3) is 4.22. The number of amides is 2. The number of ether oxygens (including phenoxy) is 1. The smallest absolute Gasteiger partial charge is 0.407 e. The highest BCUT2D eigenvalue weighted by atomic mass is 16.5. The van der Waals surface area contributed by atoms with Gasteiger partial charge in [0.25, 0.3) is 5.91 Å². The Hall–Kier alpha value is -4.84. The largest absolute Gasteiger partial charge is 0.494 e. The topological polar surface area (TPSA) is 137 Å². The van der Waals surface area contributed by atoms with E-state index < -0.39 is 6.09 Å². The molecule has 1 saturated carbocycles. The van der Waals surface area contributed by atoms with E-state index in [1.54, 1.807) is 11.8 Å². The lowest BCUT2D eigenvalue weighted by atomic mass is 9.90. The van der Waals surface area contributed by atoms with Crippen LogP contribution in [0.5, 0.6) is 5.75 Å². The zero-order chi connectivity index (χ0) is 31.1. The molecule has 12 nitrogen and oxygen atoms in total. The van der Waals surface area contributed by atoms with Gasteiger partial charge in [0.05, 0.1) is 36.6 Å². The highest BCUT2D eigenvalue weighted by molar-refractivity contribution is 6.01. The van der Waals surface area contributed by atoms with Gasteiger partial charge in [0, 0.05) is 74.4 Å². The van der Waals surface area contributed by atoms with Crippen LogP contribution in [0, 0.1) is 5.92 Å². The number of hydrogen-bond donors (Lipinski definition) is 2. The number of aromatic nitrogens is 5. The third-order valence-electron chi connectivity index (χ3n) is 10.2. The van der Waals surface area contributed by atoms with Crippen LogP contribution in [0.15, 0.2) is 48.8 Å². The normalized spacial score (nSPS) is 21.3. The molecule has 45 heavy (non-hydrogen) atoms. The zero-order valence-corrected chi connectivity index (χ0v) is 25.6. The molecule has 3 fully saturated rings. The molecule has 2 bridgehead atoms. The van der Waals surface area contributed by atoms with Crippen LogP contribution < -0.4 is 10.5 Å². The minimum Gasteiger partial charge on any atom is -0.494 e. The van der Waals surface area contributed by atoms with E-state index in [9.17, 15) is 14.7 Å². The average Bonchev–Trinajstić information content (AvgIpc) is 3.81. The van der Waals surface area contributed by atoms with Crippen LogP contribution in [0.1, 0.15) is 40.2 Å². The van der Waals surface area contributed by atoms with Crippen LogP contribution in [0.4, 0.5) is 4.79 Å². The predicted octanol–water partition coefficient (Wildman–Crippen LogP) is 3.62. The van der Waals surface area contributed by atoms with Gasteiger partial charge in [0.1, 0.15) is 11.3 Å². The molecule has 3 atom stereocenters. The first-order valence-corrected chi connectivity index (χ1v) is 15.4. The van der Waals surface area contributed by atoms with Gasteiger partial charge in [0.15, 0.2) is 5.82 Å². The Kier molecular flexibility index (Phi) is 6.21. The maximum absolute atomic E-state index is 13.8. The molecular weight excluding hydrogens is 572 g/mol. The summed E-state index contributed by atoms with van der Waals surface area (Å²) in [5.41, 5.74) is 12.5. The van der Waals surface area contributed by atoms with Crippen molar-refractivity contribution in [2.75, 3.05) is 26.7 Å². The molecule has 2 saturated heterocycles. The van der Waals surface area contributed by atoms with Gasteiger partial charge in [-0.15, -0.1) is 0 Å². The van der Waals surface area contributed by atoms with Crippen LogP contribution in [0.3, 0.4) is 0 Å². The van der Waals surface area contributed by atoms with Gasteiger partial charge in [-0.1, -0.05) is 18.2 Å². The number of nitrogens with zero attached hydrogens (tertiary/aromatic N) is 7. The van der Waals surface area contributed by atoms with E-state index >= 15 is 0 Å². The minimum absolute atomic E-state index is 0.0355. The van der Waals surface area contributed by atoms with Gasteiger partial charge in [-0.3, -0.25) is 9.48 Å². The van der Waals surface area contributed by atoms with Gasteiger partial charge in [-0.05, 0) is 42.5 Å². The van der Waals surface area contributed by atoms with Crippen molar-refractivity contribution in [1.82, 2.24) is 33.7 Å². The Morgan fingerprint density at radius 1 is 1.09 bits per heavy atom. The molecule has 12 heteroatoms. The van der Waals surface area contributed by atoms with Crippen LogP contribution in [-0.2, 0) is 20.6 Å². The Labute approximate surface area is 259 Å². The van der Waals surface area contributed by atoms with Crippen LogP contribution in [0.25, 0.3) is 33.5 Å². The number of carboxylic acid groups (broad SMARTS) is 1. The van der Waals surface area contributed by atoms with E-state index in [0.29, 0.717) is 48.9 Å². The number of likely N-dealkylation sites (tertiary alicyclic amines) is 2. The first-order chi connectivity index (χ1) is 21.7. The van der Waals surface area contributed by atoms with Gasteiger partial charge < -0.3 is 34.5 Å². The van der Waals surface area contributed by atoms with Crippen molar-refractivity contribution in [3.05, 3.63) is 65.5 Å². The molecular formula is C33H36N8O4. The molecule has 2 aliphatic heterocycles. The molecule has 8 rings (SSSR count). The van der Waals surface area contributed by atoms with Crippen molar-refractivity contribution in [2.24, 2.45) is 25.7 Å². The summed E-state index contributed by atoms with van der Waals surface area (Å²) in [5.74, 6) is 1.77. The van der Waals surface area contributed by atoms with Crippen molar-refractivity contribution in [2.45, 2.75) is 37.4 Å². The molecule has 2 amide bonds. The number of rotatable bonds is 6. The van der Waals surface area contributed by atoms with E-state index in [1.165, 1.54) is 4.90 Å². The number of imidazole rings is 1. The van der Waals surface area contributed by atoms with Crippen molar-refractivity contribution in [1.29, 1.82) is 0 Å². The molecule has 2 aromatic carbocycles. The highest BCUT2D eigenvalue weighted by Gasteiger charge is 2.47. The fraction of sp³-hybridized carbons (Fsp3) is 0.394. The summed E-state index contributed by atoms with van der Waals surface area (Å²) in [6.07, 6.45) is 4.96. The van der Waals surface area contributed by atoms with E-state index in [1.807, 2.05) is 49.6 Å². The fourth-order valence-corrected chi connectivity index (χ4v) is 7.87. The van der Waals surface area contributed by atoms with E-state index in [-0.39, 0.29) is 23.9 Å². The molecule has 3 N–H and O–H groups in total. The number of fused-ring (bicyclic) bond motifs is 4. The Morgan fingerprint density at radius 2 is 1.91 bits per heavy atom. The molecule has 1 aliphatic carbocycles. The monoisotopic (exact) mass is 608 g/mol. The van der Waals surface area contributed by atoms with Gasteiger partial charge in [-0.25, -0.2) is 9.78 Å². The second-order valence-corrected chi connectivity index (χ2v) is 12.8. The Balaban J connectivity index is 1.27. The lowest BCUT2D eigenvalue weighted by molar-refractivity contribution is 0.0700. The third-order valence-corrected chi connectivity index (χ3v) is 10.2. The second-order valence-electron chi connectivity index (χ2n) is 12.8. The summed E-state index contributed by atoms with van der Waals surface area (Å²) in [6, 6.07) is 12.2. The van der Waals surface area contributed by atoms with Crippen LogP contribution in [0.2, 0.25) is 0 Å². The average molecular weight is 609 g/mol. The molecule has 5 heterocycles. The lowest BCUT2D eigenvalue weighted by Crippen LogP contribution is -2.47. The first kappa shape index (κ1) is 27.7. The van der Waals surface area contributed by atoms with Crippen molar-refractivity contribution in [3.8, 4) is 17.3 Å². The Bertz CT molecular complexity index is 2000. The lowest BCUT2D eigenvalue weighted by Gasteiger charge is -2.37. The maximum Gasteiger partial charge on any atom is 0.407 e. The molecule has 0 unspecified atom stereocenters. The van der Waals surface area contributed by atoms with Crippen molar-refractivity contribution >= 4 is 33.9 Å². The minimum atomic E-state index is -0.887. The first-order valence-electron chi connectivity index (χ1n) is 15.4. The number of carbonyl (C=O) groups is 2. The van der Waals surface area contributed by atoms with Gasteiger partial charge in [0.2, 0.25) is 0 Å². The van der Waals surface area contributed by atoms with Crippen LogP contribution >= 0.6 is 0 Å². The molecule has 0 spiro atoms. The number of para-hydroxylation sites is 1. The van der Waals surface area contributed by atoms with Crippen molar-refractivity contribution < 1.29 is 19.4 Å². The number of aryl methyl sites for hydroxylation is 2. The summed E-state index contributed by atoms with van der Waals surface area (Å²) in [6.45, 7) is 2.14. The zero-order valence-electron chi connectivity index (χ0n) is 25.6. The molecule has 0 radical (unpaired) electrons. The van der Waals surface area contributed by atoms with Crippen molar-refractivity contribution in [3.63, 3.8) is 0 Å². The van der Waals surface area contributed by atoms with Crippen LogP contribution in [-0.4, -0.2) is 89.6 Å². The van der Waals surface area contributed by atoms with Gasteiger partial charge in [-0.2, -0.15) is 5.10 Å². The maximum atomic E-state index is 13.8. The number of benzene rings is 2. The quantitative estimate of drug-likeness (QED) is 0.300. The molecule has 232 valence electrons. The van der Waals surface area contributed by atoms with E-state index in [2.05, 4.69) is 32.4 Å². The van der Waals surface area contributed by atoms with E-state index in [0.717, 1.165) is 51.9 Å². The standard InChI is InChI=1S/C33H36N8O4/c1-37-13-18(12-35-37)14-41-30-24(9-21(11-27(30)45-3)32(42)40-17-20-7-8-25(40)28(20)34)36-31(41)26-10-19-5-4-6-23(29(19)38(26)2)22-15-39(16-22)33(43)44/h4-6,9-13,20,22,25,28H,7-8,14-17,34H2,1-3H3,(H,43,44)/t20-,25-,28-/m1/s1. The fourth-order valence-electron chi connectivity index (χ4n) is 7.87. The molecule has 3 aliphatic rings. The SMILES string of the molecule is COc1cc(C(=O)N2C[C@H]3CC[C@@H]2[C@@H]3N)cc2nc(-c3cc4cccc(C5CN(C(=O)O)C5)c4n3C)n(Cc3cnn(C)c3)c12. The second kappa shape index (κ2) is 10.1. The molecule has 5 aromatic rings. The number of hydrogen-bond acceptors (Lipinski definition) is 6. The number of methoxy groups -OCH3 is 1. The van der Waals surface area contributed by atoms with Gasteiger partial charge >= 0.3 is 6.09 Å². The highest BCUT2D eigenvalue weighted by Crippen LogP contribution is 2.40. The predicted molar refractivity (Wildman–Crippen MR) is 168 cm³/mol. The number of piperidine rings is 1. The summed E-state index contributed by atoms with van der Waals surface area (Å²) >= 11 is 0. The Morgan fingerprint density at radius 3 is 2.58 bits per heavy atom. The number of nitrogens with two attached hydrogens (primary N) is 1. The summed E-state index contributed by atoms with van der Waals surface area (Å²) in [7, 11) is 5.55. The van der Waals surface area contributed by atoms with E-state index in [4.69, 9.17) is 15.5 Å². The summed E-state index contributed by atoms with van der Waals surface area (Å²) in [5, 5.41) is 14.8.